The lowest BCUT2D eigenvalue weighted by molar-refractivity contribution is 0.381. The van der Waals surface area contributed by atoms with Gasteiger partial charge >= 0.3 is 0 Å². The van der Waals surface area contributed by atoms with Gasteiger partial charge in [-0.25, -0.2) is 0 Å². The third-order valence-electron chi connectivity index (χ3n) is 2.31. The Labute approximate surface area is 74.3 Å². The smallest absolute Gasteiger partial charge is 0.00673 e. The van der Waals surface area contributed by atoms with Gasteiger partial charge in [-0.1, -0.05) is 6.42 Å². The van der Waals surface area contributed by atoms with Crippen LogP contribution in [-0.2, 0) is 0 Å². The van der Waals surface area contributed by atoms with Crippen LogP contribution in [-0.4, -0.2) is 24.6 Å². The molecule has 1 heterocycles. The molecule has 1 unspecified atom stereocenters. The number of piperidine rings is 1. The van der Waals surface area contributed by atoms with Crippen molar-refractivity contribution in [2.24, 2.45) is 0 Å². The fourth-order valence-corrected chi connectivity index (χ4v) is 2.10. The molecule has 2 heteroatoms. The van der Waals surface area contributed by atoms with Crippen molar-refractivity contribution in [1.82, 2.24) is 5.32 Å². The highest BCUT2D eigenvalue weighted by molar-refractivity contribution is 7.98. The summed E-state index contributed by atoms with van der Waals surface area (Å²) in [7, 11) is 0. The Kier molecular flexibility index (Phi) is 5.04. The molecule has 0 aromatic rings. The van der Waals surface area contributed by atoms with Gasteiger partial charge < -0.3 is 5.32 Å². The van der Waals surface area contributed by atoms with Crippen molar-refractivity contribution in [2.75, 3.05) is 18.6 Å². The molecule has 0 amide bonds. The molecule has 0 spiro atoms. The number of nitrogens with one attached hydrogen (secondary N) is 1. The Bertz CT molecular complexity index is 89.6. The Balaban J connectivity index is 1.96. The summed E-state index contributed by atoms with van der Waals surface area (Å²) in [6, 6.07) is 0.843. The number of hydrogen-bond donors (Lipinski definition) is 1. The molecule has 0 aromatic carbocycles. The van der Waals surface area contributed by atoms with Crippen LogP contribution in [0.1, 0.15) is 32.1 Å². The number of thioether (sulfide) groups is 1. The lowest BCUT2D eigenvalue weighted by Crippen LogP contribution is -2.33. The van der Waals surface area contributed by atoms with Gasteiger partial charge in [0.2, 0.25) is 0 Å². The van der Waals surface area contributed by atoms with Crippen LogP contribution < -0.4 is 5.32 Å². The minimum Gasteiger partial charge on any atom is -0.314 e. The fraction of sp³-hybridized carbons (Fsp3) is 1.00. The van der Waals surface area contributed by atoms with Crippen molar-refractivity contribution in [3.63, 3.8) is 0 Å². The van der Waals surface area contributed by atoms with Crippen LogP contribution in [0.15, 0.2) is 0 Å². The molecule has 1 fully saturated rings. The van der Waals surface area contributed by atoms with Crippen LogP contribution in [0.25, 0.3) is 0 Å². The van der Waals surface area contributed by atoms with E-state index in [1.807, 2.05) is 11.8 Å². The SMILES string of the molecule is CSCCCC1CCCCN1. The van der Waals surface area contributed by atoms with Crippen LogP contribution in [0.3, 0.4) is 0 Å². The van der Waals surface area contributed by atoms with Crippen molar-refractivity contribution < 1.29 is 0 Å². The standard InChI is InChI=1S/C9H19NS/c1-11-8-4-6-9-5-2-3-7-10-9/h9-10H,2-8H2,1H3. The summed E-state index contributed by atoms with van der Waals surface area (Å²) in [5.41, 5.74) is 0. The van der Waals surface area contributed by atoms with Gasteiger partial charge in [-0.05, 0) is 44.2 Å². The Hall–Kier alpha value is 0.310. The minimum atomic E-state index is 0.843. The topological polar surface area (TPSA) is 12.0 Å². The molecule has 0 aromatic heterocycles. The van der Waals surface area contributed by atoms with Crippen molar-refractivity contribution in [3.05, 3.63) is 0 Å². The second-order valence-corrected chi connectivity index (χ2v) is 4.27. The van der Waals surface area contributed by atoms with E-state index in [4.69, 9.17) is 0 Å². The molecular formula is C9H19NS. The largest absolute Gasteiger partial charge is 0.314 e. The average molecular weight is 173 g/mol. The summed E-state index contributed by atoms with van der Waals surface area (Å²) in [5.74, 6) is 1.33. The van der Waals surface area contributed by atoms with E-state index in [9.17, 15) is 0 Å². The molecule has 1 atom stereocenters. The summed E-state index contributed by atoms with van der Waals surface area (Å²) < 4.78 is 0. The van der Waals surface area contributed by atoms with E-state index in [-0.39, 0.29) is 0 Å². The first-order valence-corrected chi connectivity index (χ1v) is 6.05. The molecule has 66 valence electrons. The molecule has 0 aliphatic carbocycles. The van der Waals surface area contributed by atoms with E-state index in [1.165, 1.54) is 44.4 Å². The van der Waals surface area contributed by atoms with Crippen LogP contribution in [0.5, 0.6) is 0 Å². The van der Waals surface area contributed by atoms with E-state index in [0.717, 1.165) is 6.04 Å². The summed E-state index contributed by atoms with van der Waals surface area (Å²) >= 11 is 1.96. The van der Waals surface area contributed by atoms with Gasteiger partial charge in [0.25, 0.3) is 0 Å². The Morgan fingerprint density at radius 2 is 2.36 bits per heavy atom. The molecular weight excluding hydrogens is 154 g/mol. The monoisotopic (exact) mass is 173 g/mol. The van der Waals surface area contributed by atoms with E-state index in [1.54, 1.807) is 0 Å². The zero-order valence-electron chi connectivity index (χ0n) is 7.44. The van der Waals surface area contributed by atoms with Gasteiger partial charge in [0.1, 0.15) is 0 Å². The van der Waals surface area contributed by atoms with E-state index in [2.05, 4.69) is 11.6 Å². The molecule has 1 N–H and O–H groups in total. The minimum absolute atomic E-state index is 0.843. The summed E-state index contributed by atoms with van der Waals surface area (Å²) in [6.45, 7) is 1.25. The molecule has 0 saturated carbocycles. The Morgan fingerprint density at radius 1 is 1.45 bits per heavy atom. The van der Waals surface area contributed by atoms with E-state index < -0.39 is 0 Å². The fourth-order valence-electron chi connectivity index (χ4n) is 1.64. The predicted molar refractivity (Wildman–Crippen MR) is 53.3 cm³/mol. The predicted octanol–water partition coefficient (Wildman–Crippen LogP) is 2.27. The third-order valence-corrected chi connectivity index (χ3v) is 3.01. The molecule has 1 saturated heterocycles. The quantitative estimate of drug-likeness (QED) is 0.655. The van der Waals surface area contributed by atoms with Gasteiger partial charge in [-0.3, -0.25) is 0 Å². The summed E-state index contributed by atoms with van der Waals surface area (Å²) in [6.07, 6.45) is 9.21. The van der Waals surface area contributed by atoms with Crippen LogP contribution >= 0.6 is 11.8 Å². The van der Waals surface area contributed by atoms with Crippen LogP contribution in [0.2, 0.25) is 0 Å². The van der Waals surface area contributed by atoms with Gasteiger partial charge in [0.05, 0.1) is 0 Å². The maximum Gasteiger partial charge on any atom is 0.00673 e. The van der Waals surface area contributed by atoms with Gasteiger partial charge in [-0.15, -0.1) is 0 Å². The molecule has 1 aliphatic rings. The molecule has 0 radical (unpaired) electrons. The van der Waals surface area contributed by atoms with Gasteiger partial charge in [0.15, 0.2) is 0 Å². The summed E-state index contributed by atoms with van der Waals surface area (Å²) in [4.78, 5) is 0. The second kappa shape index (κ2) is 5.90. The van der Waals surface area contributed by atoms with Crippen molar-refractivity contribution in [3.8, 4) is 0 Å². The van der Waals surface area contributed by atoms with Crippen molar-refractivity contribution >= 4 is 11.8 Å². The zero-order valence-corrected chi connectivity index (χ0v) is 8.25. The lowest BCUT2D eigenvalue weighted by atomic mass is 10.0. The highest BCUT2D eigenvalue weighted by atomic mass is 32.2. The molecule has 1 nitrogen and oxygen atoms in total. The number of hydrogen-bond acceptors (Lipinski definition) is 2. The van der Waals surface area contributed by atoms with Crippen LogP contribution in [0.4, 0.5) is 0 Å². The van der Waals surface area contributed by atoms with E-state index >= 15 is 0 Å². The van der Waals surface area contributed by atoms with Gasteiger partial charge in [-0.2, -0.15) is 11.8 Å². The second-order valence-electron chi connectivity index (χ2n) is 3.28. The zero-order chi connectivity index (χ0) is 7.94. The van der Waals surface area contributed by atoms with E-state index in [0.29, 0.717) is 0 Å². The van der Waals surface area contributed by atoms with Gasteiger partial charge in [0, 0.05) is 6.04 Å². The average Bonchev–Trinajstić information content (AvgIpc) is 2.07. The molecule has 1 aliphatic heterocycles. The van der Waals surface area contributed by atoms with Crippen LogP contribution in [0, 0.1) is 0 Å². The molecule has 11 heavy (non-hydrogen) atoms. The first-order valence-electron chi connectivity index (χ1n) is 4.66. The normalized spacial score (nSPS) is 25.4. The maximum absolute atomic E-state index is 3.57. The number of rotatable bonds is 4. The third kappa shape index (κ3) is 4.02. The summed E-state index contributed by atoms with van der Waals surface area (Å²) in [5, 5.41) is 3.57. The maximum atomic E-state index is 3.57. The van der Waals surface area contributed by atoms with Crippen molar-refractivity contribution in [1.29, 1.82) is 0 Å². The lowest BCUT2D eigenvalue weighted by Gasteiger charge is -2.23. The molecule has 0 bridgehead atoms. The first kappa shape index (κ1) is 9.40. The first-order chi connectivity index (χ1) is 5.43. The Morgan fingerprint density at radius 3 is 3.00 bits per heavy atom. The highest BCUT2D eigenvalue weighted by Gasteiger charge is 2.10. The highest BCUT2D eigenvalue weighted by Crippen LogP contribution is 2.12. The molecule has 1 rings (SSSR count). The van der Waals surface area contributed by atoms with Crippen molar-refractivity contribution in [2.45, 2.75) is 38.1 Å².